The third-order valence-electron chi connectivity index (χ3n) is 4.73. The van der Waals surface area contributed by atoms with Crippen LogP contribution >= 0.6 is 11.8 Å². The van der Waals surface area contributed by atoms with E-state index in [2.05, 4.69) is 15.5 Å². The maximum Gasteiger partial charge on any atom is 0.233 e. The summed E-state index contributed by atoms with van der Waals surface area (Å²) in [6.45, 7) is 0.748. The van der Waals surface area contributed by atoms with Crippen LogP contribution in [0.1, 0.15) is 19.3 Å². The highest BCUT2D eigenvalue weighted by molar-refractivity contribution is 8.00. The summed E-state index contributed by atoms with van der Waals surface area (Å²) >= 11 is 1.48. The molecule has 2 aromatic carbocycles. The van der Waals surface area contributed by atoms with Crippen LogP contribution in [0.5, 0.6) is 5.75 Å². The van der Waals surface area contributed by atoms with Crippen LogP contribution in [0, 0.1) is 0 Å². The van der Waals surface area contributed by atoms with Crippen molar-refractivity contribution in [1.82, 2.24) is 20.1 Å². The second kappa shape index (κ2) is 8.48. The first kappa shape index (κ1) is 18.6. The number of carbonyl (C=O) groups excluding carboxylic acids is 1. The molecule has 0 saturated carbocycles. The highest BCUT2D eigenvalue weighted by atomic mass is 32.2. The number of para-hydroxylation sites is 1. The molecular weight excluding hydrogens is 372 g/mol. The van der Waals surface area contributed by atoms with Crippen molar-refractivity contribution >= 4 is 17.7 Å². The Bertz CT molecular complexity index is 941. The molecule has 0 spiro atoms. The van der Waals surface area contributed by atoms with Crippen molar-refractivity contribution in [2.24, 2.45) is 0 Å². The first-order chi connectivity index (χ1) is 13.8. The lowest BCUT2D eigenvalue weighted by atomic mass is 10.2. The van der Waals surface area contributed by atoms with Gasteiger partial charge in [-0.2, -0.15) is 0 Å². The van der Waals surface area contributed by atoms with Gasteiger partial charge in [-0.05, 0) is 49.2 Å². The van der Waals surface area contributed by atoms with Crippen LogP contribution in [-0.4, -0.2) is 39.6 Å². The van der Waals surface area contributed by atoms with Crippen molar-refractivity contribution in [2.75, 3.05) is 13.7 Å². The molecule has 7 heteroatoms. The summed E-state index contributed by atoms with van der Waals surface area (Å²) in [5.41, 5.74) is 1.91. The normalized spacial score (nSPS) is 17.0. The number of ether oxygens (including phenoxy) is 1. The third-order valence-corrected chi connectivity index (χ3v) is 5.94. The molecule has 1 atom stereocenters. The van der Waals surface area contributed by atoms with Crippen LogP contribution in [0.25, 0.3) is 17.1 Å². The molecule has 1 fully saturated rings. The molecule has 144 valence electrons. The first-order valence-corrected chi connectivity index (χ1v) is 10.2. The zero-order valence-corrected chi connectivity index (χ0v) is 16.5. The van der Waals surface area contributed by atoms with E-state index in [0.29, 0.717) is 0 Å². The van der Waals surface area contributed by atoms with Gasteiger partial charge in [0, 0.05) is 17.8 Å². The van der Waals surface area contributed by atoms with Crippen LogP contribution in [-0.2, 0) is 4.79 Å². The highest BCUT2D eigenvalue weighted by Crippen LogP contribution is 2.32. The zero-order valence-electron chi connectivity index (χ0n) is 15.7. The van der Waals surface area contributed by atoms with Gasteiger partial charge in [0.25, 0.3) is 0 Å². The minimum absolute atomic E-state index is 0.0797. The lowest BCUT2D eigenvalue weighted by molar-refractivity contribution is -0.120. The number of hydrogen-bond donors (Lipinski definition) is 1. The van der Waals surface area contributed by atoms with E-state index in [0.717, 1.165) is 53.8 Å². The number of nitrogens with zero attached hydrogens (tertiary/aromatic N) is 3. The minimum atomic E-state index is -0.155. The van der Waals surface area contributed by atoms with Crippen LogP contribution in [0.3, 0.4) is 0 Å². The Morgan fingerprint density at radius 1 is 1.07 bits per heavy atom. The molecule has 0 radical (unpaired) electrons. The number of benzene rings is 2. The maximum absolute atomic E-state index is 12.4. The van der Waals surface area contributed by atoms with Gasteiger partial charge in [-0.15, -0.1) is 10.2 Å². The topological polar surface area (TPSA) is 69.0 Å². The number of carbonyl (C=O) groups is 1. The molecule has 1 saturated heterocycles. The summed E-state index contributed by atoms with van der Waals surface area (Å²) in [5.74, 6) is 1.61. The molecule has 1 N–H and O–H groups in total. The number of methoxy groups -OCH3 is 1. The Balaban J connectivity index is 1.74. The zero-order chi connectivity index (χ0) is 19.3. The highest BCUT2D eigenvalue weighted by Gasteiger charge is 2.26. The fourth-order valence-electron chi connectivity index (χ4n) is 3.23. The van der Waals surface area contributed by atoms with E-state index in [1.807, 2.05) is 59.2 Å². The van der Waals surface area contributed by atoms with Crippen molar-refractivity contribution in [3.8, 4) is 22.8 Å². The van der Waals surface area contributed by atoms with E-state index in [1.54, 1.807) is 7.11 Å². The molecule has 1 aliphatic rings. The number of aromatic nitrogens is 3. The molecule has 3 aromatic rings. The largest absolute Gasteiger partial charge is 0.497 e. The van der Waals surface area contributed by atoms with E-state index >= 15 is 0 Å². The van der Waals surface area contributed by atoms with E-state index < -0.39 is 0 Å². The summed E-state index contributed by atoms with van der Waals surface area (Å²) in [4.78, 5) is 12.4. The van der Waals surface area contributed by atoms with Gasteiger partial charge in [0.15, 0.2) is 11.0 Å². The Morgan fingerprint density at radius 2 is 1.86 bits per heavy atom. The second-order valence-corrected chi connectivity index (χ2v) is 7.77. The summed E-state index contributed by atoms with van der Waals surface area (Å²) in [5, 5.41) is 12.4. The van der Waals surface area contributed by atoms with Crippen LogP contribution in [0.15, 0.2) is 59.8 Å². The fraction of sp³-hybridized carbons (Fsp3) is 0.286. The molecular formula is C21H22N4O2S. The number of rotatable bonds is 5. The van der Waals surface area contributed by atoms with Gasteiger partial charge in [0.05, 0.1) is 12.4 Å². The minimum Gasteiger partial charge on any atom is -0.497 e. The molecule has 1 aliphatic heterocycles. The average molecular weight is 395 g/mol. The second-order valence-electron chi connectivity index (χ2n) is 6.60. The monoisotopic (exact) mass is 394 g/mol. The van der Waals surface area contributed by atoms with Gasteiger partial charge < -0.3 is 10.1 Å². The first-order valence-electron chi connectivity index (χ1n) is 9.36. The van der Waals surface area contributed by atoms with Crippen LogP contribution in [0.4, 0.5) is 0 Å². The summed E-state index contributed by atoms with van der Waals surface area (Å²) in [7, 11) is 1.65. The van der Waals surface area contributed by atoms with Gasteiger partial charge in [-0.25, -0.2) is 0 Å². The summed E-state index contributed by atoms with van der Waals surface area (Å²) < 4.78 is 7.28. The standard InChI is InChI=1S/C21H22N4O2S/c1-27-17-12-10-15(11-13-17)19-23-24-21(25(19)16-7-3-2-4-8-16)28-18-9-5-6-14-22-20(18)26/h2-4,7-8,10-13,18H,5-6,9,14H2,1H3,(H,22,26). The predicted octanol–water partition coefficient (Wildman–Crippen LogP) is 3.70. The molecule has 6 nitrogen and oxygen atoms in total. The van der Waals surface area contributed by atoms with Crippen LogP contribution in [0.2, 0.25) is 0 Å². The fourth-order valence-corrected chi connectivity index (χ4v) is 4.35. The van der Waals surface area contributed by atoms with Crippen LogP contribution < -0.4 is 10.1 Å². The maximum atomic E-state index is 12.4. The van der Waals surface area contributed by atoms with E-state index in [4.69, 9.17) is 4.74 Å². The Morgan fingerprint density at radius 3 is 2.61 bits per heavy atom. The lowest BCUT2D eigenvalue weighted by Gasteiger charge is -2.14. The van der Waals surface area contributed by atoms with E-state index in [9.17, 15) is 4.79 Å². The molecule has 1 aromatic heterocycles. The SMILES string of the molecule is COc1ccc(-c2nnc(SC3CCCCNC3=O)n2-c2ccccc2)cc1. The van der Waals surface area contributed by atoms with Crippen molar-refractivity contribution in [3.63, 3.8) is 0 Å². The molecule has 1 amide bonds. The Labute approximate surface area is 168 Å². The number of nitrogens with one attached hydrogen (secondary N) is 1. The Hall–Kier alpha value is -2.80. The molecule has 28 heavy (non-hydrogen) atoms. The molecule has 0 aliphatic carbocycles. The van der Waals surface area contributed by atoms with Gasteiger partial charge >= 0.3 is 0 Å². The van der Waals surface area contributed by atoms with Crippen molar-refractivity contribution in [3.05, 3.63) is 54.6 Å². The van der Waals surface area contributed by atoms with E-state index in [-0.39, 0.29) is 11.2 Å². The third kappa shape index (κ3) is 3.89. The van der Waals surface area contributed by atoms with Gasteiger partial charge in [-0.1, -0.05) is 36.4 Å². The smallest absolute Gasteiger partial charge is 0.233 e. The molecule has 0 bridgehead atoms. The van der Waals surface area contributed by atoms with Crippen molar-refractivity contribution < 1.29 is 9.53 Å². The van der Waals surface area contributed by atoms with Gasteiger partial charge in [-0.3, -0.25) is 9.36 Å². The van der Waals surface area contributed by atoms with Crippen molar-refractivity contribution in [2.45, 2.75) is 29.7 Å². The van der Waals surface area contributed by atoms with Gasteiger partial charge in [0.1, 0.15) is 5.75 Å². The molecule has 1 unspecified atom stereocenters. The number of thioether (sulfide) groups is 1. The predicted molar refractivity (Wildman–Crippen MR) is 110 cm³/mol. The summed E-state index contributed by atoms with van der Waals surface area (Å²) in [6, 6.07) is 17.7. The van der Waals surface area contributed by atoms with Crippen molar-refractivity contribution in [1.29, 1.82) is 0 Å². The quantitative estimate of drug-likeness (QED) is 0.715. The number of hydrogen-bond acceptors (Lipinski definition) is 5. The van der Waals surface area contributed by atoms with Gasteiger partial charge in [0.2, 0.25) is 5.91 Å². The molecule has 4 rings (SSSR count). The Kier molecular flexibility index (Phi) is 5.62. The lowest BCUT2D eigenvalue weighted by Crippen LogP contribution is -2.30. The summed E-state index contributed by atoms with van der Waals surface area (Å²) in [6.07, 6.45) is 2.89. The average Bonchev–Trinajstić information content (AvgIpc) is 3.05. The molecule has 2 heterocycles. The van der Waals surface area contributed by atoms with E-state index in [1.165, 1.54) is 11.8 Å². The number of amides is 1.